The zero-order chi connectivity index (χ0) is 15.0. The quantitative estimate of drug-likeness (QED) is 0.347. The Morgan fingerprint density at radius 1 is 1.45 bits per heavy atom. The van der Waals surface area contributed by atoms with Gasteiger partial charge in [-0.15, -0.1) is 0 Å². The van der Waals surface area contributed by atoms with Gasteiger partial charge in [0.05, 0.1) is 18.1 Å². The molecule has 110 valence electrons. The van der Waals surface area contributed by atoms with Crippen molar-refractivity contribution in [2.75, 3.05) is 32.4 Å². The molecule has 0 spiro atoms. The van der Waals surface area contributed by atoms with E-state index in [1.807, 2.05) is 0 Å². The number of hydrogen-bond donors (Lipinski definition) is 2. The molecule has 9 heteroatoms. The van der Waals surface area contributed by atoms with E-state index >= 15 is 0 Å². The Balaban J connectivity index is 2.46. The van der Waals surface area contributed by atoms with E-state index in [1.165, 1.54) is 25.3 Å². The monoisotopic (exact) mass is 303 g/mol. The summed E-state index contributed by atoms with van der Waals surface area (Å²) in [4.78, 5) is 21.5. The van der Waals surface area contributed by atoms with Crippen LogP contribution in [0.4, 0.5) is 16.2 Å². The molecule has 0 aliphatic heterocycles. The predicted octanol–water partition coefficient (Wildman–Crippen LogP) is 1.99. The normalized spacial score (nSPS) is 10.1. The summed E-state index contributed by atoms with van der Waals surface area (Å²) in [6.07, 6.45) is 0. The number of nitro benzene ring substituents is 1. The lowest BCUT2D eigenvalue weighted by Gasteiger charge is -2.08. The van der Waals surface area contributed by atoms with Crippen molar-refractivity contribution < 1.29 is 19.2 Å². The minimum atomic E-state index is -0.626. The Bertz CT molecular complexity index is 483. The van der Waals surface area contributed by atoms with Gasteiger partial charge >= 0.3 is 6.03 Å². The standard InChI is InChI=1S/C11H14ClN3O5/c1-19-4-5-20-7-13-11(16)14-8-2-3-9(12)10(6-8)15(17)18/h2-3,6H,4-5,7H2,1H3,(H2,13,14,16). The lowest BCUT2D eigenvalue weighted by Crippen LogP contribution is -2.31. The molecule has 8 nitrogen and oxygen atoms in total. The first kappa shape index (κ1) is 16.2. The van der Waals surface area contributed by atoms with Crippen molar-refractivity contribution in [1.82, 2.24) is 5.32 Å². The van der Waals surface area contributed by atoms with Crippen LogP contribution in [0.3, 0.4) is 0 Å². The summed E-state index contributed by atoms with van der Waals surface area (Å²) >= 11 is 5.66. The summed E-state index contributed by atoms with van der Waals surface area (Å²) in [7, 11) is 1.54. The molecule has 0 atom stereocenters. The average Bonchev–Trinajstić information content (AvgIpc) is 2.40. The van der Waals surface area contributed by atoms with E-state index in [4.69, 9.17) is 21.1 Å². The fourth-order valence-corrected chi connectivity index (χ4v) is 1.42. The number of carbonyl (C=O) groups is 1. The first-order valence-electron chi connectivity index (χ1n) is 5.60. The number of carbonyl (C=O) groups excluding carboxylic acids is 1. The van der Waals surface area contributed by atoms with Crippen molar-refractivity contribution in [3.8, 4) is 0 Å². The molecule has 0 heterocycles. The molecule has 0 aliphatic rings. The fourth-order valence-electron chi connectivity index (χ4n) is 1.24. The lowest BCUT2D eigenvalue weighted by atomic mass is 10.3. The van der Waals surface area contributed by atoms with Crippen LogP contribution >= 0.6 is 11.6 Å². The van der Waals surface area contributed by atoms with Crippen LogP contribution in [0, 0.1) is 10.1 Å². The molecule has 1 aromatic carbocycles. The third-order valence-corrected chi connectivity index (χ3v) is 2.49. The zero-order valence-electron chi connectivity index (χ0n) is 10.7. The van der Waals surface area contributed by atoms with E-state index in [1.54, 1.807) is 0 Å². The first-order chi connectivity index (χ1) is 9.54. The van der Waals surface area contributed by atoms with Crippen LogP contribution in [0.2, 0.25) is 5.02 Å². The average molecular weight is 304 g/mol. The highest BCUT2D eigenvalue weighted by atomic mass is 35.5. The number of nitrogens with one attached hydrogen (secondary N) is 2. The van der Waals surface area contributed by atoms with E-state index in [0.29, 0.717) is 13.2 Å². The maximum atomic E-state index is 11.5. The molecule has 20 heavy (non-hydrogen) atoms. The molecule has 0 aliphatic carbocycles. The van der Waals surface area contributed by atoms with E-state index in [9.17, 15) is 14.9 Å². The van der Waals surface area contributed by atoms with Crippen LogP contribution in [0.15, 0.2) is 18.2 Å². The first-order valence-corrected chi connectivity index (χ1v) is 5.98. The number of hydrogen-bond acceptors (Lipinski definition) is 5. The number of urea groups is 1. The van der Waals surface area contributed by atoms with Crippen LogP contribution in [-0.2, 0) is 9.47 Å². The molecular weight excluding hydrogens is 290 g/mol. The Labute approximate surface area is 120 Å². The van der Waals surface area contributed by atoms with Gasteiger partial charge in [-0.3, -0.25) is 10.1 Å². The van der Waals surface area contributed by atoms with Crippen LogP contribution in [0.5, 0.6) is 0 Å². The fraction of sp³-hybridized carbons (Fsp3) is 0.364. The second-order valence-corrected chi connectivity index (χ2v) is 4.01. The van der Waals surface area contributed by atoms with Gasteiger partial charge in [0.2, 0.25) is 0 Å². The Morgan fingerprint density at radius 2 is 2.20 bits per heavy atom. The summed E-state index contributed by atoms with van der Waals surface area (Å²) < 4.78 is 9.80. The van der Waals surface area contributed by atoms with Gasteiger partial charge in [-0.25, -0.2) is 4.79 Å². The van der Waals surface area contributed by atoms with Crippen molar-refractivity contribution in [2.45, 2.75) is 0 Å². The van der Waals surface area contributed by atoms with Crippen molar-refractivity contribution in [1.29, 1.82) is 0 Å². The molecule has 0 radical (unpaired) electrons. The highest BCUT2D eigenvalue weighted by Gasteiger charge is 2.13. The number of nitro groups is 1. The van der Waals surface area contributed by atoms with Gasteiger partial charge < -0.3 is 20.1 Å². The molecule has 2 N–H and O–H groups in total. The molecule has 0 aromatic heterocycles. The molecule has 2 amide bonds. The third kappa shape index (κ3) is 5.39. The second kappa shape index (κ2) is 8.31. The molecule has 0 saturated carbocycles. The highest BCUT2D eigenvalue weighted by Crippen LogP contribution is 2.27. The van der Waals surface area contributed by atoms with E-state index in [2.05, 4.69) is 10.6 Å². The maximum absolute atomic E-state index is 11.5. The molecular formula is C11H14ClN3O5. The van der Waals surface area contributed by atoms with Gasteiger partial charge in [-0.1, -0.05) is 11.6 Å². The number of benzene rings is 1. The van der Waals surface area contributed by atoms with Gasteiger partial charge in [0, 0.05) is 18.9 Å². The van der Waals surface area contributed by atoms with Crippen molar-refractivity contribution in [3.05, 3.63) is 33.3 Å². The lowest BCUT2D eigenvalue weighted by molar-refractivity contribution is -0.384. The molecule has 0 bridgehead atoms. The minimum absolute atomic E-state index is 0.00357. The number of anilines is 1. The number of halogens is 1. The van der Waals surface area contributed by atoms with Gasteiger partial charge in [0.15, 0.2) is 0 Å². The van der Waals surface area contributed by atoms with Crippen LogP contribution in [-0.4, -0.2) is 38.0 Å². The van der Waals surface area contributed by atoms with Crippen LogP contribution in [0.1, 0.15) is 0 Å². The molecule has 0 saturated heterocycles. The zero-order valence-corrected chi connectivity index (χ0v) is 11.5. The van der Waals surface area contributed by atoms with E-state index in [-0.39, 0.29) is 23.1 Å². The predicted molar refractivity (Wildman–Crippen MR) is 73.0 cm³/mol. The number of amides is 2. The highest BCUT2D eigenvalue weighted by molar-refractivity contribution is 6.32. The van der Waals surface area contributed by atoms with Crippen molar-refractivity contribution in [3.63, 3.8) is 0 Å². The minimum Gasteiger partial charge on any atom is -0.382 e. The largest absolute Gasteiger partial charge is 0.382 e. The smallest absolute Gasteiger partial charge is 0.321 e. The van der Waals surface area contributed by atoms with E-state index in [0.717, 1.165) is 0 Å². The summed E-state index contributed by atoms with van der Waals surface area (Å²) in [5, 5.41) is 15.6. The van der Waals surface area contributed by atoms with Gasteiger partial charge in [-0.05, 0) is 12.1 Å². The van der Waals surface area contributed by atoms with Gasteiger partial charge in [-0.2, -0.15) is 0 Å². The Hall–Kier alpha value is -1.90. The Kier molecular flexibility index (Phi) is 6.71. The number of methoxy groups -OCH3 is 1. The van der Waals surface area contributed by atoms with Crippen LogP contribution in [0.25, 0.3) is 0 Å². The molecule has 0 fully saturated rings. The van der Waals surface area contributed by atoms with Crippen LogP contribution < -0.4 is 10.6 Å². The second-order valence-electron chi connectivity index (χ2n) is 3.60. The molecule has 1 aromatic rings. The number of rotatable bonds is 7. The van der Waals surface area contributed by atoms with Crippen molar-refractivity contribution >= 4 is 29.0 Å². The van der Waals surface area contributed by atoms with Crippen molar-refractivity contribution in [2.24, 2.45) is 0 Å². The molecule has 0 unspecified atom stereocenters. The number of ether oxygens (including phenoxy) is 2. The van der Waals surface area contributed by atoms with Gasteiger partial charge in [0.25, 0.3) is 5.69 Å². The maximum Gasteiger partial charge on any atom is 0.321 e. The summed E-state index contributed by atoms with van der Waals surface area (Å²) in [6, 6.07) is 3.43. The topological polar surface area (TPSA) is 103 Å². The SMILES string of the molecule is COCCOCNC(=O)Nc1ccc(Cl)c([N+](=O)[O-])c1. The summed E-state index contributed by atoms with van der Waals surface area (Å²) in [5.41, 5.74) is -0.0173. The summed E-state index contributed by atoms with van der Waals surface area (Å²) in [5.74, 6) is 0. The van der Waals surface area contributed by atoms with Gasteiger partial charge in [0.1, 0.15) is 11.8 Å². The Morgan fingerprint density at radius 3 is 2.85 bits per heavy atom. The summed E-state index contributed by atoms with van der Waals surface area (Å²) in [6.45, 7) is 0.779. The molecule has 1 rings (SSSR count). The van der Waals surface area contributed by atoms with E-state index < -0.39 is 11.0 Å². The third-order valence-electron chi connectivity index (χ3n) is 2.17. The number of nitrogens with zero attached hydrogens (tertiary/aromatic N) is 1.